The van der Waals surface area contributed by atoms with Gasteiger partial charge in [0.25, 0.3) is 0 Å². The van der Waals surface area contributed by atoms with Crippen molar-refractivity contribution in [1.82, 2.24) is 14.5 Å². The highest BCUT2D eigenvalue weighted by Gasteiger charge is 2.33. The van der Waals surface area contributed by atoms with Crippen molar-refractivity contribution in [3.8, 4) is 11.5 Å². The highest BCUT2D eigenvalue weighted by molar-refractivity contribution is 7.98. The quantitative estimate of drug-likeness (QED) is 0.405. The van der Waals surface area contributed by atoms with Crippen LogP contribution in [-0.2, 0) is 31.5 Å². The smallest absolute Gasteiger partial charge is 0.493 e. The average Bonchev–Trinajstić information content (AvgIpc) is 3.31. The van der Waals surface area contributed by atoms with Crippen LogP contribution >= 0.6 is 11.8 Å². The second-order valence-electron chi connectivity index (χ2n) is 6.64. The van der Waals surface area contributed by atoms with Gasteiger partial charge in [0.15, 0.2) is 23.4 Å². The number of aromatic nitrogens is 3. The lowest BCUT2D eigenvalue weighted by Crippen LogP contribution is -2.16. The van der Waals surface area contributed by atoms with Gasteiger partial charge >= 0.3 is 12.1 Å². The van der Waals surface area contributed by atoms with E-state index in [4.69, 9.17) is 23.7 Å². The minimum atomic E-state index is -0.783. The number of hydrogen-bond acceptors (Lipinski definition) is 10. The Hall–Kier alpha value is -3.21. The Balaban J connectivity index is 1.90. The van der Waals surface area contributed by atoms with Gasteiger partial charge in [-0.25, -0.2) is 14.6 Å². The van der Waals surface area contributed by atoms with Crippen LogP contribution in [0.15, 0.2) is 23.0 Å². The first-order valence-corrected chi connectivity index (χ1v) is 10.8. The van der Waals surface area contributed by atoms with Crippen LogP contribution in [0.3, 0.4) is 0 Å². The van der Waals surface area contributed by atoms with E-state index < -0.39 is 12.1 Å². The third-order valence-electron chi connectivity index (χ3n) is 4.87. The van der Waals surface area contributed by atoms with E-state index in [9.17, 15) is 9.59 Å². The van der Waals surface area contributed by atoms with Gasteiger partial charge in [0, 0.05) is 29.5 Å². The van der Waals surface area contributed by atoms with Crippen molar-refractivity contribution < 1.29 is 33.3 Å². The number of esters is 1. The van der Waals surface area contributed by atoms with Crippen LogP contribution in [0.4, 0.5) is 4.79 Å². The van der Waals surface area contributed by atoms with Crippen molar-refractivity contribution in [3.63, 3.8) is 0 Å². The van der Waals surface area contributed by atoms with Gasteiger partial charge in [-0.05, 0) is 13.0 Å². The molecule has 10 nitrogen and oxygen atoms in total. The lowest BCUT2D eigenvalue weighted by molar-refractivity contribution is -0.136. The van der Waals surface area contributed by atoms with E-state index >= 15 is 0 Å². The van der Waals surface area contributed by atoms with Crippen molar-refractivity contribution in [1.29, 1.82) is 0 Å². The number of rotatable bonds is 9. The summed E-state index contributed by atoms with van der Waals surface area (Å²) in [6.45, 7) is 3.66. The van der Waals surface area contributed by atoms with Crippen molar-refractivity contribution in [2.45, 2.75) is 37.4 Å². The molecular weight excluding hydrogens is 438 g/mol. The molecule has 172 valence electrons. The fraction of sp³-hybridized carbons (Fsp3) is 0.429. The first-order valence-electron chi connectivity index (χ1n) is 9.83. The maximum atomic E-state index is 12.1. The van der Waals surface area contributed by atoms with Gasteiger partial charge in [-0.1, -0.05) is 18.7 Å². The Morgan fingerprint density at radius 2 is 1.97 bits per heavy atom. The molecule has 1 aliphatic rings. The summed E-state index contributed by atoms with van der Waals surface area (Å²) in [5, 5.41) is 0.595. The average molecular weight is 464 g/mol. The molecule has 11 heteroatoms. The zero-order valence-corrected chi connectivity index (χ0v) is 19.4. The Bertz CT molecular complexity index is 1030. The van der Waals surface area contributed by atoms with Gasteiger partial charge in [0.2, 0.25) is 0 Å². The van der Waals surface area contributed by atoms with Crippen LogP contribution < -0.4 is 9.47 Å². The molecule has 1 atom stereocenters. The van der Waals surface area contributed by atoms with E-state index in [1.54, 1.807) is 44.0 Å². The summed E-state index contributed by atoms with van der Waals surface area (Å²) in [5.41, 5.74) is 2.54. The highest BCUT2D eigenvalue weighted by atomic mass is 32.2. The van der Waals surface area contributed by atoms with E-state index in [2.05, 4.69) is 9.97 Å². The number of fused-ring (bicyclic) bond motifs is 1. The van der Waals surface area contributed by atoms with Crippen molar-refractivity contribution >= 4 is 30.0 Å². The Kier molecular flexibility index (Phi) is 7.62. The molecule has 1 aliphatic carbocycles. The molecule has 3 rings (SSSR count). The van der Waals surface area contributed by atoms with Crippen LogP contribution in [0.2, 0.25) is 0 Å². The Morgan fingerprint density at radius 3 is 2.62 bits per heavy atom. The molecule has 0 amide bonds. The number of ether oxygens (including phenoxy) is 5. The minimum absolute atomic E-state index is 0.112. The molecule has 0 saturated carbocycles. The number of pyridine rings is 1. The van der Waals surface area contributed by atoms with Gasteiger partial charge in [-0.3, -0.25) is 9.55 Å². The third kappa shape index (κ3) is 4.67. The van der Waals surface area contributed by atoms with Crippen LogP contribution in [0.5, 0.6) is 11.5 Å². The summed E-state index contributed by atoms with van der Waals surface area (Å²) in [6, 6.07) is 1.72. The molecule has 2 heterocycles. The van der Waals surface area contributed by atoms with Crippen LogP contribution in [0, 0.1) is 0 Å². The van der Waals surface area contributed by atoms with Crippen LogP contribution in [0.25, 0.3) is 6.08 Å². The molecule has 0 radical (unpaired) electrons. The summed E-state index contributed by atoms with van der Waals surface area (Å²) in [7, 11) is 4.45. The number of thioether (sulfide) groups is 1. The number of hydrogen-bond donors (Lipinski definition) is 0. The monoisotopic (exact) mass is 463 g/mol. The molecule has 0 aliphatic heterocycles. The second-order valence-corrected chi connectivity index (χ2v) is 7.59. The fourth-order valence-electron chi connectivity index (χ4n) is 3.39. The maximum absolute atomic E-state index is 12.1. The fourth-order valence-corrected chi connectivity index (χ4v) is 4.34. The van der Waals surface area contributed by atoms with Gasteiger partial charge in [0.05, 0.1) is 45.0 Å². The normalized spacial score (nSPS) is 14.4. The summed E-state index contributed by atoms with van der Waals surface area (Å²) in [4.78, 5) is 32.9. The lowest BCUT2D eigenvalue weighted by Gasteiger charge is -2.16. The molecule has 1 unspecified atom stereocenters. The van der Waals surface area contributed by atoms with Crippen molar-refractivity contribution in [2.75, 3.05) is 27.9 Å². The molecule has 2 aromatic rings. The summed E-state index contributed by atoms with van der Waals surface area (Å²) < 4.78 is 27.5. The van der Waals surface area contributed by atoms with Crippen molar-refractivity contribution in [2.24, 2.45) is 0 Å². The first kappa shape index (κ1) is 23.5. The van der Waals surface area contributed by atoms with Crippen LogP contribution in [0.1, 0.15) is 36.8 Å². The third-order valence-corrected chi connectivity index (χ3v) is 5.86. The summed E-state index contributed by atoms with van der Waals surface area (Å²) in [5.74, 6) is 0.839. The van der Waals surface area contributed by atoms with E-state index in [0.29, 0.717) is 39.4 Å². The van der Waals surface area contributed by atoms with Crippen LogP contribution in [-0.4, -0.2) is 54.6 Å². The number of carbonyl (C=O) groups excluding carboxylic acids is 2. The molecule has 0 aromatic carbocycles. The molecule has 0 saturated heterocycles. The lowest BCUT2D eigenvalue weighted by atomic mass is 10.0. The number of nitrogens with zero attached hydrogens (tertiary/aromatic N) is 3. The van der Waals surface area contributed by atoms with Gasteiger partial charge in [0.1, 0.15) is 0 Å². The predicted molar refractivity (Wildman–Crippen MR) is 116 cm³/mol. The molecule has 0 fully saturated rings. The maximum Gasteiger partial charge on any atom is 0.510 e. The van der Waals surface area contributed by atoms with E-state index in [1.807, 2.05) is 6.92 Å². The van der Waals surface area contributed by atoms with E-state index in [1.165, 1.54) is 18.9 Å². The predicted octanol–water partition coefficient (Wildman–Crippen LogP) is 3.39. The first-order chi connectivity index (χ1) is 15.4. The number of imidazole rings is 1. The molecule has 0 spiro atoms. The zero-order chi connectivity index (χ0) is 23.3. The standard InChI is InChI=1S/C21H25N3O7S/c1-6-30-21(26)31-11-24-17-12(2)13(19(25)29-5)9-14(17)23-20(24)32-10-15-18(28-4)16(27-3)7-8-22-15/h7-9,12H,6,10-11H2,1-5H3. The van der Waals surface area contributed by atoms with Gasteiger partial charge in [-0.15, -0.1) is 0 Å². The Labute approximate surface area is 189 Å². The van der Waals surface area contributed by atoms with E-state index in [-0.39, 0.29) is 19.3 Å². The molecule has 2 aromatic heterocycles. The zero-order valence-electron chi connectivity index (χ0n) is 18.5. The van der Waals surface area contributed by atoms with Gasteiger partial charge < -0.3 is 23.7 Å². The molecular formula is C21H25N3O7S. The topological polar surface area (TPSA) is 111 Å². The van der Waals surface area contributed by atoms with Crippen molar-refractivity contribution in [3.05, 3.63) is 34.9 Å². The van der Waals surface area contributed by atoms with Gasteiger partial charge in [-0.2, -0.15) is 0 Å². The summed E-state index contributed by atoms with van der Waals surface area (Å²) in [6.07, 6.45) is 2.55. The largest absolute Gasteiger partial charge is 0.510 e. The second kappa shape index (κ2) is 10.4. The van der Waals surface area contributed by atoms with E-state index in [0.717, 1.165) is 5.69 Å². The SMILES string of the molecule is CCOC(=O)OCn1c(SCc2nccc(OC)c2OC)nc2c1C(C)C(C(=O)OC)=C2. The summed E-state index contributed by atoms with van der Waals surface area (Å²) >= 11 is 1.39. The molecule has 32 heavy (non-hydrogen) atoms. The highest BCUT2D eigenvalue weighted by Crippen LogP contribution is 2.40. The number of carbonyl (C=O) groups is 2. The number of methoxy groups -OCH3 is 3. The molecule has 0 bridgehead atoms. The Morgan fingerprint density at radius 1 is 1.19 bits per heavy atom. The molecule has 0 N–H and O–H groups in total. The minimum Gasteiger partial charge on any atom is -0.493 e.